The van der Waals surface area contributed by atoms with Crippen LogP contribution in [-0.4, -0.2) is 18.4 Å². The molecule has 1 aromatic carbocycles. The maximum absolute atomic E-state index is 11.8. The molecule has 0 aromatic heterocycles. The number of hydrogen-bond acceptors (Lipinski definition) is 3. The summed E-state index contributed by atoms with van der Waals surface area (Å²) in [6, 6.07) is 6.43. The Balaban J connectivity index is 2.62. The summed E-state index contributed by atoms with van der Waals surface area (Å²) in [6.07, 6.45) is 2.80. The SMILES string of the molecule is CCCCC#CC(=O)c1ccc(C(=O)OCC(C)C)cc1. The summed E-state index contributed by atoms with van der Waals surface area (Å²) < 4.78 is 5.13. The highest BCUT2D eigenvalue weighted by Gasteiger charge is 2.09. The second kappa shape index (κ2) is 8.97. The molecule has 1 aromatic rings. The number of unbranched alkanes of at least 4 members (excludes halogenated alkanes) is 2. The lowest BCUT2D eigenvalue weighted by molar-refractivity contribution is 0.0458. The number of carbonyl (C=O) groups excluding carboxylic acids is 2. The molecule has 0 radical (unpaired) electrons. The van der Waals surface area contributed by atoms with E-state index in [1.165, 1.54) is 0 Å². The van der Waals surface area contributed by atoms with Crippen molar-refractivity contribution in [3.63, 3.8) is 0 Å². The molecule has 0 amide bonds. The predicted octanol–water partition coefficient (Wildman–Crippen LogP) is 3.88. The molecule has 0 aliphatic rings. The van der Waals surface area contributed by atoms with E-state index in [4.69, 9.17) is 4.74 Å². The Hall–Kier alpha value is -2.08. The van der Waals surface area contributed by atoms with E-state index in [0.29, 0.717) is 23.7 Å². The number of Topliss-reactive ketones (excluding diaryl/α,β-unsaturated/α-hetero) is 1. The van der Waals surface area contributed by atoms with Gasteiger partial charge in [0.15, 0.2) is 0 Å². The lowest BCUT2D eigenvalue weighted by Gasteiger charge is -2.07. The van der Waals surface area contributed by atoms with E-state index in [9.17, 15) is 9.59 Å². The van der Waals surface area contributed by atoms with Crippen LogP contribution in [0.1, 0.15) is 60.7 Å². The van der Waals surface area contributed by atoms with Gasteiger partial charge in [0, 0.05) is 12.0 Å². The first-order chi connectivity index (χ1) is 10.0. The van der Waals surface area contributed by atoms with Gasteiger partial charge in [-0.15, -0.1) is 0 Å². The zero-order valence-corrected chi connectivity index (χ0v) is 12.9. The van der Waals surface area contributed by atoms with E-state index < -0.39 is 0 Å². The molecule has 1 rings (SSSR count). The van der Waals surface area contributed by atoms with Crippen molar-refractivity contribution < 1.29 is 14.3 Å². The number of rotatable bonds is 6. The smallest absolute Gasteiger partial charge is 0.338 e. The second-order valence-electron chi connectivity index (χ2n) is 5.30. The third-order valence-electron chi connectivity index (χ3n) is 2.79. The molecule has 0 N–H and O–H groups in total. The van der Waals surface area contributed by atoms with Crippen LogP contribution in [-0.2, 0) is 4.74 Å². The standard InChI is InChI=1S/C18H22O3/c1-4-5-6-7-8-17(19)15-9-11-16(12-10-15)18(20)21-13-14(2)3/h9-12,14H,4-6,13H2,1-3H3. The van der Waals surface area contributed by atoms with Crippen LogP contribution in [0.5, 0.6) is 0 Å². The second-order valence-corrected chi connectivity index (χ2v) is 5.30. The number of ether oxygens (including phenoxy) is 1. The number of carbonyl (C=O) groups is 2. The lowest BCUT2D eigenvalue weighted by atomic mass is 10.1. The van der Waals surface area contributed by atoms with E-state index in [2.05, 4.69) is 18.8 Å². The van der Waals surface area contributed by atoms with Crippen molar-refractivity contribution in [1.29, 1.82) is 0 Å². The molecule has 0 unspecified atom stereocenters. The maximum atomic E-state index is 11.8. The fraction of sp³-hybridized carbons (Fsp3) is 0.444. The molecule has 3 heteroatoms. The molecule has 0 aliphatic carbocycles. The quantitative estimate of drug-likeness (QED) is 0.262. The first kappa shape index (κ1) is 17.0. The van der Waals surface area contributed by atoms with Crippen LogP contribution in [0.15, 0.2) is 24.3 Å². The van der Waals surface area contributed by atoms with Gasteiger partial charge in [-0.2, -0.15) is 0 Å². The van der Waals surface area contributed by atoms with Crippen LogP contribution in [0, 0.1) is 17.8 Å². The van der Waals surface area contributed by atoms with Gasteiger partial charge < -0.3 is 4.74 Å². The van der Waals surface area contributed by atoms with Crippen LogP contribution in [0.3, 0.4) is 0 Å². The van der Waals surface area contributed by atoms with Gasteiger partial charge in [0.25, 0.3) is 0 Å². The fourth-order valence-corrected chi connectivity index (χ4v) is 1.56. The number of hydrogen-bond donors (Lipinski definition) is 0. The Morgan fingerprint density at radius 2 is 1.76 bits per heavy atom. The molecule has 21 heavy (non-hydrogen) atoms. The minimum atomic E-state index is -0.364. The molecule has 0 bridgehead atoms. The van der Waals surface area contributed by atoms with Gasteiger partial charge in [-0.3, -0.25) is 4.79 Å². The minimum absolute atomic E-state index is 0.215. The van der Waals surface area contributed by atoms with Crippen LogP contribution < -0.4 is 0 Å². The summed E-state index contributed by atoms with van der Waals surface area (Å²) in [4.78, 5) is 23.6. The van der Waals surface area contributed by atoms with Crippen molar-refractivity contribution in [1.82, 2.24) is 0 Å². The zero-order chi connectivity index (χ0) is 15.7. The molecule has 0 fully saturated rings. The van der Waals surface area contributed by atoms with Crippen molar-refractivity contribution >= 4 is 11.8 Å². The van der Waals surface area contributed by atoms with Gasteiger partial charge >= 0.3 is 5.97 Å². The molecule has 0 heterocycles. The van der Waals surface area contributed by atoms with Crippen molar-refractivity contribution in [2.45, 2.75) is 40.0 Å². The number of esters is 1. The zero-order valence-electron chi connectivity index (χ0n) is 12.9. The van der Waals surface area contributed by atoms with Crippen molar-refractivity contribution in [2.75, 3.05) is 6.61 Å². The molecule has 112 valence electrons. The average molecular weight is 286 g/mol. The Labute approximate surface area is 126 Å². The highest BCUT2D eigenvalue weighted by molar-refractivity contribution is 6.09. The van der Waals surface area contributed by atoms with Crippen molar-refractivity contribution in [3.05, 3.63) is 35.4 Å². The van der Waals surface area contributed by atoms with Gasteiger partial charge in [-0.05, 0) is 42.5 Å². The topological polar surface area (TPSA) is 43.4 Å². The Bertz CT molecular complexity index is 530. The first-order valence-electron chi connectivity index (χ1n) is 7.35. The molecule has 0 atom stereocenters. The summed E-state index contributed by atoms with van der Waals surface area (Å²) in [5.74, 6) is 5.20. The molecule has 3 nitrogen and oxygen atoms in total. The molecular formula is C18H22O3. The highest BCUT2D eigenvalue weighted by Crippen LogP contribution is 2.08. The van der Waals surface area contributed by atoms with Gasteiger partial charge in [-0.1, -0.05) is 33.1 Å². The molecule has 0 saturated heterocycles. The third-order valence-corrected chi connectivity index (χ3v) is 2.79. The largest absolute Gasteiger partial charge is 0.462 e. The predicted molar refractivity (Wildman–Crippen MR) is 83.2 cm³/mol. The van der Waals surface area contributed by atoms with Gasteiger partial charge in [0.2, 0.25) is 5.78 Å². The summed E-state index contributed by atoms with van der Waals surface area (Å²) in [6.45, 7) is 6.43. The fourth-order valence-electron chi connectivity index (χ4n) is 1.56. The Morgan fingerprint density at radius 1 is 1.14 bits per heavy atom. The molecule has 0 aliphatic heterocycles. The third kappa shape index (κ3) is 6.27. The highest BCUT2D eigenvalue weighted by atomic mass is 16.5. The van der Waals surface area contributed by atoms with Crippen molar-refractivity contribution in [2.24, 2.45) is 5.92 Å². The molecule has 0 saturated carbocycles. The van der Waals surface area contributed by atoms with Gasteiger partial charge in [0.05, 0.1) is 12.2 Å². The lowest BCUT2D eigenvalue weighted by Crippen LogP contribution is -2.10. The van der Waals surface area contributed by atoms with E-state index in [-0.39, 0.29) is 11.8 Å². The number of benzene rings is 1. The normalized spacial score (nSPS) is 9.90. The van der Waals surface area contributed by atoms with E-state index in [1.54, 1.807) is 24.3 Å². The Morgan fingerprint density at radius 3 is 2.33 bits per heavy atom. The first-order valence-corrected chi connectivity index (χ1v) is 7.35. The van der Waals surface area contributed by atoms with Crippen LogP contribution >= 0.6 is 0 Å². The molecule has 0 spiro atoms. The summed E-state index contributed by atoms with van der Waals surface area (Å²) in [7, 11) is 0. The summed E-state index contributed by atoms with van der Waals surface area (Å²) >= 11 is 0. The number of ketones is 1. The monoisotopic (exact) mass is 286 g/mol. The maximum Gasteiger partial charge on any atom is 0.338 e. The van der Waals surface area contributed by atoms with Crippen LogP contribution in [0.25, 0.3) is 0 Å². The van der Waals surface area contributed by atoms with E-state index in [0.717, 1.165) is 19.3 Å². The van der Waals surface area contributed by atoms with Gasteiger partial charge in [0.1, 0.15) is 0 Å². The van der Waals surface area contributed by atoms with E-state index in [1.807, 2.05) is 13.8 Å². The van der Waals surface area contributed by atoms with Crippen LogP contribution in [0.4, 0.5) is 0 Å². The Kier molecular flexibility index (Phi) is 7.25. The molecular weight excluding hydrogens is 264 g/mol. The minimum Gasteiger partial charge on any atom is -0.462 e. The van der Waals surface area contributed by atoms with Gasteiger partial charge in [-0.25, -0.2) is 4.79 Å². The van der Waals surface area contributed by atoms with E-state index >= 15 is 0 Å². The van der Waals surface area contributed by atoms with Crippen LogP contribution in [0.2, 0.25) is 0 Å². The summed E-state index contributed by atoms with van der Waals surface area (Å²) in [5, 5.41) is 0. The average Bonchev–Trinajstić information content (AvgIpc) is 2.49. The summed E-state index contributed by atoms with van der Waals surface area (Å²) in [5.41, 5.74) is 0.950. The van der Waals surface area contributed by atoms with Crippen molar-refractivity contribution in [3.8, 4) is 11.8 Å².